The van der Waals surface area contributed by atoms with Crippen LogP contribution in [0.1, 0.15) is 18.9 Å². The predicted molar refractivity (Wildman–Crippen MR) is 83.2 cm³/mol. The molecule has 0 saturated heterocycles. The molecular formula is C17H21NO3. The molecule has 2 N–H and O–H groups in total. The number of aliphatic carboxylic acids is 1. The van der Waals surface area contributed by atoms with Gasteiger partial charge < -0.3 is 10.2 Å². The maximum absolute atomic E-state index is 10.8. The monoisotopic (exact) mass is 287 g/mol. The van der Waals surface area contributed by atoms with Crippen LogP contribution in [0.15, 0.2) is 42.5 Å². The van der Waals surface area contributed by atoms with Gasteiger partial charge in [-0.3, -0.25) is 9.69 Å². The van der Waals surface area contributed by atoms with Crippen molar-refractivity contribution in [3.63, 3.8) is 0 Å². The fourth-order valence-electron chi connectivity index (χ4n) is 2.53. The molecule has 2 aromatic carbocycles. The summed E-state index contributed by atoms with van der Waals surface area (Å²) in [6.07, 6.45) is -0.397. The predicted octanol–water partition coefficient (Wildman–Crippen LogP) is 2.50. The topological polar surface area (TPSA) is 60.8 Å². The smallest absolute Gasteiger partial charge is 0.304 e. The summed E-state index contributed by atoms with van der Waals surface area (Å²) >= 11 is 0. The van der Waals surface area contributed by atoms with Gasteiger partial charge in [0.05, 0.1) is 12.5 Å². The van der Waals surface area contributed by atoms with Crippen molar-refractivity contribution in [1.82, 2.24) is 4.90 Å². The Labute approximate surface area is 124 Å². The summed E-state index contributed by atoms with van der Waals surface area (Å²) in [6, 6.07) is 14.3. The highest BCUT2D eigenvalue weighted by atomic mass is 16.4. The zero-order chi connectivity index (χ0) is 15.2. The molecule has 0 amide bonds. The molecule has 2 aromatic rings. The molecule has 21 heavy (non-hydrogen) atoms. The van der Waals surface area contributed by atoms with Crippen molar-refractivity contribution < 1.29 is 15.0 Å². The van der Waals surface area contributed by atoms with Gasteiger partial charge in [-0.2, -0.15) is 0 Å². The number of carbonyl (C=O) groups is 1. The van der Waals surface area contributed by atoms with E-state index in [4.69, 9.17) is 5.11 Å². The van der Waals surface area contributed by atoms with Gasteiger partial charge >= 0.3 is 5.97 Å². The average Bonchev–Trinajstić information content (AvgIpc) is 2.44. The first-order valence-corrected chi connectivity index (χ1v) is 7.15. The molecule has 1 atom stereocenters. The van der Waals surface area contributed by atoms with Crippen LogP contribution in [0.5, 0.6) is 0 Å². The lowest BCUT2D eigenvalue weighted by molar-refractivity contribution is -0.137. The Bertz CT molecular complexity index is 605. The van der Waals surface area contributed by atoms with Crippen LogP contribution in [-0.4, -0.2) is 40.3 Å². The quantitative estimate of drug-likeness (QED) is 0.821. The summed E-state index contributed by atoms with van der Waals surface area (Å²) in [6.45, 7) is 3.26. The second-order valence-corrected chi connectivity index (χ2v) is 5.37. The first kappa shape index (κ1) is 15.5. The van der Waals surface area contributed by atoms with Crippen LogP contribution in [0.3, 0.4) is 0 Å². The summed E-state index contributed by atoms with van der Waals surface area (Å²) in [4.78, 5) is 12.8. The Hall–Kier alpha value is -1.91. The van der Waals surface area contributed by atoms with Crippen molar-refractivity contribution >= 4 is 16.7 Å². The fraction of sp³-hybridized carbons (Fsp3) is 0.353. The Balaban J connectivity index is 2.19. The number of aliphatic hydroxyl groups is 1. The Morgan fingerprint density at radius 2 is 1.90 bits per heavy atom. The third kappa shape index (κ3) is 4.55. The number of nitrogens with zero attached hydrogens (tertiary/aromatic N) is 1. The van der Waals surface area contributed by atoms with Crippen molar-refractivity contribution in [3.8, 4) is 0 Å². The summed E-state index contributed by atoms with van der Waals surface area (Å²) in [5.41, 5.74) is 1.15. The highest BCUT2D eigenvalue weighted by Crippen LogP contribution is 2.20. The van der Waals surface area contributed by atoms with E-state index in [9.17, 15) is 9.90 Å². The standard InChI is InChI=1S/C17H21NO3/c1-13(19)11-18(10-9-17(20)21)12-15-7-4-6-14-5-2-3-8-16(14)15/h2-8,13,19H,9-12H2,1H3,(H,20,21). The van der Waals surface area contributed by atoms with Crippen LogP contribution in [-0.2, 0) is 11.3 Å². The van der Waals surface area contributed by atoms with Crippen molar-refractivity contribution in [2.75, 3.05) is 13.1 Å². The lowest BCUT2D eigenvalue weighted by Gasteiger charge is -2.23. The van der Waals surface area contributed by atoms with E-state index in [2.05, 4.69) is 24.3 Å². The van der Waals surface area contributed by atoms with Crippen LogP contribution in [0.4, 0.5) is 0 Å². The van der Waals surface area contributed by atoms with Crippen LogP contribution < -0.4 is 0 Å². The van der Waals surface area contributed by atoms with Crippen LogP contribution >= 0.6 is 0 Å². The van der Waals surface area contributed by atoms with Gasteiger partial charge in [0.2, 0.25) is 0 Å². The van der Waals surface area contributed by atoms with Gasteiger partial charge in [0, 0.05) is 19.6 Å². The highest BCUT2D eigenvalue weighted by Gasteiger charge is 2.12. The molecule has 0 bridgehead atoms. The number of aliphatic hydroxyl groups excluding tert-OH is 1. The van der Waals surface area contributed by atoms with Crippen molar-refractivity contribution in [2.24, 2.45) is 0 Å². The molecule has 0 aliphatic heterocycles. The fourth-order valence-corrected chi connectivity index (χ4v) is 2.53. The summed E-state index contributed by atoms with van der Waals surface area (Å²) in [5, 5.41) is 20.8. The molecule has 0 saturated carbocycles. The van der Waals surface area contributed by atoms with Crippen molar-refractivity contribution in [1.29, 1.82) is 0 Å². The van der Waals surface area contributed by atoms with Gasteiger partial charge in [-0.05, 0) is 23.3 Å². The van der Waals surface area contributed by atoms with E-state index in [1.54, 1.807) is 6.92 Å². The summed E-state index contributed by atoms with van der Waals surface area (Å²) in [5.74, 6) is -0.816. The lowest BCUT2D eigenvalue weighted by Crippen LogP contribution is -2.32. The SMILES string of the molecule is CC(O)CN(CCC(=O)O)Cc1cccc2ccccc12. The summed E-state index contributed by atoms with van der Waals surface area (Å²) in [7, 11) is 0. The van der Waals surface area contributed by atoms with Crippen LogP contribution in [0.25, 0.3) is 10.8 Å². The Morgan fingerprint density at radius 1 is 1.19 bits per heavy atom. The molecule has 1 unspecified atom stereocenters. The largest absolute Gasteiger partial charge is 0.481 e. The second-order valence-electron chi connectivity index (χ2n) is 5.37. The van der Waals surface area contributed by atoms with E-state index in [-0.39, 0.29) is 6.42 Å². The minimum atomic E-state index is -0.816. The van der Waals surface area contributed by atoms with Crippen molar-refractivity contribution in [3.05, 3.63) is 48.0 Å². The normalized spacial score (nSPS) is 12.7. The molecule has 0 heterocycles. The number of fused-ring (bicyclic) bond motifs is 1. The van der Waals surface area contributed by atoms with Gasteiger partial charge in [0.1, 0.15) is 0 Å². The third-order valence-corrected chi connectivity index (χ3v) is 3.44. The van der Waals surface area contributed by atoms with Gasteiger partial charge in [0.25, 0.3) is 0 Å². The van der Waals surface area contributed by atoms with E-state index in [1.807, 2.05) is 23.1 Å². The van der Waals surface area contributed by atoms with E-state index in [0.717, 1.165) is 5.56 Å². The second kappa shape index (κ2) is 7.20. The van der Waals surface area contributed by atoms with Gasteiger partial charge in [-0.25, -0.2) is 0 Å². The van der Waals surface area contributed by atoms with Crippen LogP contribution in [0.2, 0.25) is 0 Å². The van der Waals surface area contributed by atoms with E-state index in [0.29, 0.717) is 19.6 Å². The number of hydrogen-bond acceptors (Lipinski definition) is 3. The maximum Gasteiger partial charge on any atom is 0.304 e. The van der Waals surface area contributed by atoms with Crippen molar-refractivity contribution in [2.45, 2.75) is 26.0 Å². The molecule has 2 rings (SSSR count). The third-order valence-electron chi connectivity index (χ3n) is 3.44. The van der Waals surface area contributed by atoms with Gasteiger partial charge in [0.15, 0.2) is 0 Å². The summed E-state index contributed by atoms with van der Waals surface area (Å²) < 4.78 is 0. The maximum atomic E-state index is 10.8. The zero-order valence-corrected chi connectivity index (χ0v) is 12.2. The van der Waals surface area contributed by atoms with E-state index >= 15 is 0 Å². The highest BCUT2D eigenvalue weighted by molar-refractivity contribution is 5.85. The minimum absolute atomic E-state index is 0.0808. The molecule has 4 heteroatoms. The molecule has 112 valence electrons. The molecule has 0 spiro atoms. The van der Waals surface area contributed by atoms with Gasteiger partial charge in [-0.1, -0.05) is 42.5 Å². The van der Waals surface area contributed by atoms with Crippen LogP contribution in [0, 0.1) is 0 Å². The number of carboxylic acids is 1. The van der Waals surface area contributed by atoms with E-state index < -0.39 is 12.1 Å². The number of hydrogen-bond donors (Lipinski definition) is 2. The zero-order valence-electron chi connectivity index (χ0n) is 12.2. The Morgan fingerprint density at radius 3 is 2.62 bits per heavy atom. The Kier molecular flexibility index (Phi) is 5.31. The molecule has 0 aromatic heterocycles. The number of benzene rings is 2. The molecule has 0 aliphatic rings. The van der Waals surface area contributed by atoms with Gasteiger partial charge in [-0.15, -0.1) is 0 Å². The first-order valence-electron chi connectivity index (χ1n) is 7.15. The minimum Gasteiger partial charge on any atom is -0.481 e. The number of carboxylic acid groups (broad SMARTS) is 1. The van der Waals surface area contributed by atoms with E-state index in [1.165, 1.54) is 10.8 Å². The molecule has 0 fully saturated rings. The average molecular weight is 287 g/mol. The molecule has 0 radical (unpaired) electrons. The lowest BCUT2D eigenvalue weighted by atomic mass is 10.0. The molecular weight excluding hydrogens is 266 g/mol. The molecule has 0 aliphatic carbocycles. The molecule has 4 nitrogen and oxygen atoms in total. The number of rotatable bonds is 7. The first-order chi connectivity index (χ1) is 10.1.